The van der Waals surface area contributed by atoms with Gasteiger partial charge in [0.1, 0.15) is 0 Å². The summed E-state index contributed by atoms with van der Waals surface area (Å²) in [7, 11) is 0. The summed E-state index contributed by atoms with van der Waals surface area (Å²) < 4.78 is 2.72. The van der Waals surface area contributed by atoms with Gasteiger partial charge in [-0.3, -0.25) is 0 Å². The fourth-order valence-electron chi connectivity index (χ4n) is 11.6. The van der Waals surface area contributed by atoms with Gasteiger partial charge in [0.15, 0.2) is 0 Å². The standard InChI is InChI=1S/C60H42S/c1-59(2)51-32-36(48-34-49-45(30-31-46-40-18-13-15-25-53(40)61-58(46)49)56-47-23-12-14-24-50(47)60(3,4)57(48)56)26-28-38(51)39-29-27-37(33-52(39)59)55-43-21-10-8-19-41(43)54(35-16-6-5-7-17-35)42-20-9-11-22-44(42)55/h5-34H,1-4H3. The van der Waals surface area contributed by atoms with E-state index >= 15 is 0 Å². The summed E-state index contributed by atoms with van der Waals surface area (Å²) in [6, 6.07) is 68.9. The van der Waals surface area contributed by atoms with Crippen molar-refractivity contribution in [3.8, 4) is 55.6 Å². The summed E-state index contributed by atoms with van der Waals surface area (Å²) in [5.74, 6) is 0. The molecule has 0 bridgehead atoms. The van der Waals surface area contributed by atoms with Crippen LogP contribution in [0.1, 0.15) is 49.9 Å². The maximum atomic E-state index is 2.55. The minimum atomic E-state index is -0.205. The molecule has 0 amide bonds. The molecular weight excluding hydrogens is 753 g/mol. The van der Waals surface area contributed by atoms with E-state index in [-0.39, 0.29) is 10.8 Å². The van der Waals surface area contributed by atoms with Crippen LogP contribution in [0.5, 0.6) is 0 Å². The zero-order valence-electron chi connectivity index (χ0n) is 34.7. The highest BCUT2D eigenvalue weighted by molar-refractivity contribution is 7.26. The number of hydrogen-bond donors (Lipinski definition) is 0. The van der Waals surface area contributed by atoms with E-state index in [2.05, 4.69) is 210 Å². The van der Waals surface area contributed by atoms with Crippen LogP contribution in [0.4, 0.5) is 0 Å². The molecular formula is C60H42S. The van der Waals surface area contributed by atoms with Gasteiger partial charge in [0.25, 0.3) is 0 Å². The largest absolute Gasteiger partial charge is 0.135 e. The van der Waals surface area contributed by atoms with Gasteiger partial charge >= 0.3 is 0 Å². The fourth-order valence-corrected chi connectivity index (χ4v) is 12.8. The Morgan fingerprint density at radius 3 is 1.52 bits per heavy atom. The average Bonchev–Trinajstić information content (AvgIpc) is 3.88. The highest BCUT2D eigenvalue weighted by atomic mass is 32.1. The maximum Gasteiger partial charge on any atom is 0.0434 e. The second kappa shape index (κ2) is 12.4. The van der Waals surface area contributed by atoms with Gasteiger partial charge in [-0.2, -0.15) is 0 Å². The van der Waals surface area contributed by atoms with Crippen molar-refractivity contribution in [1.29, 1.82) is 0 Å². The number of rotatable bonds is 3. The van der Waals surface area contributed by atoms with Crippen molar-refractivity contribution in [2.75, 3.05) is 0 Å². The lowest BCUT2D eigenvalue weighted by atomic mass is 9.76. The second-order valence-electron chi connectivity index (χ2n) is 18.3. The molecule has 13 rings (SSSR count). The number of hydrogen-bond acceptors (Lipinski definition) is 1. The smallest absolute Gasteiger partial charge is 0.0434 e. The Balaban J connectivity index is 1.02. The van der Waals surface area contributed by atoms with Crippen molar-refractivity contribution >= 4 is 63.8 Å². The lowest BCUT2D eigenvalue weighted by molar-refractivity contribution is 0.659. The van der Waals surface area contributed by atoms with Crippen LogP contribution in [0.2, 0.25) is 0 Å². The molecule has 61 heavy (non-hydrogen) atoms. The van der Waals surface area contributed by atoms with Gasteiger partial charge in [0.05, 0.1) is 0 Å². The molecule has 0 saturated carbocycles. The van der Waals surface area contributed by atoms with Crippen LogP contribution in [-0.2, 0) is 10.8 Å². The topological polar surface area (TPSA) is 0 Å². The Bertz CT molecular complexity index is 3630. The normalized spacial score (nSPS) is 14.5. The Morgan fingerprint density at radius 2 is 0.836 bits per heavy atom. The molecule has 0 radical (unpaired) electrons. The van der Waals surface area contributed by atoms with Gasteiger partial charge in [0.2, 0.25) is 0 Å². The third kappa shape index (κ3) is 4.70. The van der Waals surface area contributed by atoms with Crippen molar-refractivity contribution in [3.63, 3.8) is 0 Å². The molecule has 1 aromatic heterocycles. The SMILES string of the molecule is CC1(C)c2cc(-c3cc4c(ccc5c6ccccc6sc45)c4c3C(C)(C)c3ccccc3-4)ccc2-c2ccc(-c3c4ccccc4c(-c4ccccc4)c4ccccc34)cc21. The second-order valence-corrected chi connectivity index (χ2v) is 19.4. The van der Waals surface area contributed by atoms with Gasteiger partial charge < -0.3 is 0 Å². The van der Waals surface area contributed by atoms with Crippen LogP contribution in [0, 0.1) is 0 Å². The van der Waals surface area contributed by atoms with Crippen molar-refractivity contribution in [2.45, 2.75) is 38.5 Å². The quantitative estimate of drug-likeness (QED) is 0.156. The number of fused-ring (bicyclic) bond motifs is 14. The van der Waals surface area contributed by atoms with E-state index in [1.165, 1.54) is 130 Å². The first-order chi connectivity index (χ1) is 29.8. The molecule has 0 atom stereocenters. The summed E-state index contributed by atoms with van der Waals surface area (Å²) in [6.07, 6.45) is 0. The van der Waals surface area contributed by atoms with E-state index in [0.29, 0.717) is 0 Å². The van der Waals surface area contributed by atoms with Crippen LogP contribution >= 0.6 is 11.3 Å². The van der Waals surface area contributed by atoms with Gasteiger partial charge in [-0.1, -0.05) is 185 Å². The molecule has 0 spiro atoms. The molecule has 10 aromatic carbocycles. The highest BCUT2D eigenvalue weighted by Crippen LogP contribution is 2.58. The Hall–Kier alpha value is -6.80. The van der Waals surface area contributed by atoms with E-state index in [1.54, 1.807) is 0 Å². The van der Waals surface area contributed by atoms with Crippen molar-refractivity contribution in [2.24, 2.45) is 0 Å². The molecule has 11 aromatic rings. The van der Waals surface area contributed by atoms with Crippen LogP contribution in [0.15, 0.2) is 182 Å². The zero-order chi connectivity index (χ0) is 40.8. The van der Waals surface area contributed by atoms with Crippen LogP contribution in [-0.4, -0.2) is 0 Å². The number of benzene rings is 10. The van der Waals surface area contributed by atoms with Gasteiger partial charge in [-0.15, -0.1) is 11.3 Å². The van der Waals surface area contributed by atoms with Crippen molar-refractivity contribution < 1.29 is 0 Å². The lowest BCUT2D eigenvalue weighted by Crippen LogP contribution is -2.17. The van der Waals surface area contributed by atoms with Crippen molar-refractivity contribution in [3.05, 3.63) is 204 Å². The van der Waals surface area contributed by atoms with E-state index in [4.69, 9.17) is 0 Å². The van der Waals surface area contributed by atoms with Gasteiger partial charge in [-0.25, -0.2) is 0 Å². The van der Waals surface area contributed by atoms with Gasteiger partial charge in [-0.05, 0) is 129 Å². The summed E-state index contributed by atoms with van der Waals surface area (Å²) in [5, 5.41) is 10.6. The minimum Gasteiger partial charge on any atom is -0.135 e. The van der Waals surface area contributed by atoms with Crippen molar-refractivity contribution in [1.82, 2.24) is 0 Å². The summed E-state index contributed by atoms with van der Waals surface area (Å²) in [6.45, 7) is 9.73. The summed E-state index contributed by atoms with van der Waals surface area (Å²) in [5.41, 5.74) is 18.5. The predicted octanol–water partition coefficient (Wildman–Crippen LogP) is 17.1. The van der Waals surface area contributed by atoms with E-state index in [1.807, 2.05) is 11.3 Å². The molecule has 1 heterocycles. The Kier molecular flexibility index (Phi) is 7.11. The van der Waals surface area contributed by atoms with Crippen LogP contribution in [0.3, 0.4) is 0 Å². The fraction of sp³-hybridized carbons (Fsp3) is 0.100. The molecule has 1 heteroatoms. The molecule has 0 nitrogen and oxygen atoms in total. The molecule has 2 aliphatic rings. The van der Waals surface area contributed by atoms with Crippen LogP contribution in [0.25, 0.3) is 108 Å². The van der Waals surface area contributed by atoms with Crippen LogP contribution < -0.4 is 0 Å². The Morgan fingerprint density at radius 1 is 0.311 bits per heavy atom. The molecule has 0 unspecified atom stereocenters. The van der Waals surface area contributed by atoms with Gasteiger partial charge in [0, 0.05) is 36.4 Å². The maximum absolute atomic E-state index is 2.55. The molecule has 288 valence electrons. The molecule has 2 aliphatic carbocycles. The highest BCUT2D eigenvalue weighted by Gasteiger charge is 2.40. The average molecular weight is 795 g/mol. The first kappa shape index (κ1) is 35.0. The molecule has 0 N–H and O–H groups in total. The summed E-state index contributed by atoms with van der Waals surface area (Å²) >= 11 is 1.93. The summed E-state index contributed by atoms with van der Waals surface area (Å²) in [4.78, 5) is 0. The molecule has 0 saturated heterocycles. The first-order valence-corrected chi connectivity index (χ1v) is 22.4. The monoisotopic (exact) mass is 794 g/mol. The first-order valence-electron chi connectivity index (χ1n) is 21.6. The van der Waals surface area contributed by atoms with E-state index in [9.17, 15) is 0 Å². The predicted molar refractivity (Wildman–Crippen MR) is 263 cm³/mol. The van der Waals surface area contributed by atoms with E-state index in [0.717, 1.165) is 0 Å². The molecule has 0 aliphatic heterocycles. The van der Waals surface area contributed by atoms with E-state index < -0.39 is 0 Å². The minimum absolute atomic E-state index is 0.154. The lowest BCUT2D eigenvalue weighted by Gasteiger charge is -2.26. The Labute approximate surface area is 360 Å². The third-order valence-corrected chi connectivity index (χ3v) is 15.6. The third-order valence-electron chi connectivity index (χ3n) is 14.4. The molecule has 0 fully saturated rings. The number of thiophene rings is 1. The zero-order valence-corrected chi connectivity index (χ0v) is 35.5.